The van der Waals surface area contributed by atoms with E-state index in [0.29, 0.717) is 13.2 Å². The van der Waals surface area contributed by atoms with Crippen LogP contribution < -0.4 is 10.2 Å². The first-order chi connectivity index (χ1) is 9.85. The number of carbonyl (C=O) groups excluding carboxylic acids is 1. The van der Waals surface area contributed by atoms with Crippen LogP contribution in [0.25, 0.3) is 0 Å². The molecule has 0 unspecified atom stereocenters. The van der Waals surface area contributed by atoms with Gasteiger partial charge >= 0.3 is 6.09 Å². The Labute approximate surface area is 133 Å². The van der Waals surface area contributed by atoms with Crippen LogP contribution in [-0.4, -0.2) is 38.0 Å². The zero-order valence-electron chi connectivity index (χ0n) is 12.6. The van der Waals surface area contributed by atoms with Gasteiger partial charge in [-0.25, -0.2) is 4.79 Å². The van der Waals surface area contributed by atoms with E-state index >= 15 is 0 Å². The summed E-state index contributed by atoms with van der Waals surface area (Å²) in [6.07, 6.45) is -0.449. The summed E-state index contributed by atoms with van der Waals surface area (Å²) in [5.41, 5.74) is 1.20. The number of hydrogen-bond acceptors (Lipinski definition) is 4. The van der Waals surface area contributed by atoms with E-state index in [2.05, 4.69) is 26.1 Å². The number of morpholine rings is 1. The van der Waals surface area contributed by atoms with Gasteiger partial charge in [0.15, 0.2) is 0 Å². The lowest BCUT2D eigenvalue weighted by atomic mass is 10.2. The van der Waals surface area contributed by atoms with Crippen molar-refractivity contribution in [3.8, 4) is 0 Å². The lowest BCUT2D eigenvalue weighted by Crippen LogP contribution is -2.37. The number of nitrogens with zero attached hydrogens (tertiary/aromatic N) is 1. The summed E-state index contributed by atoms with van der Waals surface area (Å²) in [7, 11) is 0. The lowest BCUT2D eigenvalue weighted by molar-refractivity contribution is 0.0636. The van der Waals surface area contributed by atoms with E-state index in [1.807, 2.05) is 39.0 Å². The molecule has 0 bridgehead atoms. The van der Waals surface area contributed by atoms with Gasteiger partial charge in [-0.05, 0) is 39.0 Å². The summed E-state index contributed by atoms with van der Waals surface area (Å²) in [5, 5.41) is 2.83. The molecule has 0 aliphatic carbocycles. The molecule has 0 atom stereocenters. The number of halogens is 1. The second kappa shape index (κ2) is 6.66. The van der Waals surface area contributed by atoms with Crippen LogP contribution in [0, 0.1) is 0 Å². The first-order valence-electron chi connectivity index (χ1n) is 6.97. The Balaban J connectivity index is 2.17. The topological polar surface area (TPSA) is 50.8 Å². The molecule has 5 nitrogen and oxygen atoms in total. The van der Waals surface area contributed by atoms with Gasteiger partial charge in [0.2, 0.25) is 0 Å². The summed E-state index contributed by atoms with van der Waals surface area (Å²) < 4.78 is 11.6. The zero-order valence-corrected chi connectivity index (χ0v) is 14.2. The number of benzene rings is 1. The van der Waals surface area contributed by atoms with Crippen LogP contribution >= 0.6 is 15.9 Å². The highest BCUT2D eigenvalue weighted by Crippen LogP contribution is 2.30. The van der Waals surface area contributed by atoms with Crippen molar-refractivity contribution >= 4 is 33.4 Å². The van der Waals surface area contributed by atoms with Gasteiger partial charge in [-0.15, -0.1) is 0 Å². The maximum absolute atomic E-state index is 12.0. The summed E-state index contributed by atoms with van der Waals surface area (Å²) in [4.78, 5) is 14.2. The van der Waals surface area contributed by atoms with Crippen molar-refractivity contribution in [1.29, 1.82) is 0 Å². The molecule has 1 fully saturated rings. The van der Waals surface area contributed by atoms with E-state index < -0.39 is 11.7 Å². The van der Waals surface area contributed by atoms with E-state index in [9.17, 15) is 4.79 Å². The average molecular weight is 357 g/mol. The van der Waals surface area contributed by atoms with E-state index in [1.54, 1.807) is 0 Å². The fourth-order valence-electron chi connectivity index (χ4n) is 2.10. The van der Waals surface area contributed by atoms with Gasteiger partial charge in [-0.2, -0.15) is 0 Å². The molecule has 1 aliphatic heterocycles. The van der Waals surface area contributed by atoms with Crippen LogP contribution in [0.4, 0.5) is 16.2 Å². The molecule has 6 heteroatoms. The second-order valence-electron chi connectivity index (χ2n) is 5.89. The van der Waals surface area contributed by atoms with Crippen molar-refractivity contribution in [2.75, 3.05) is 36.5 Å². The first kappa shape index (κ1) is 16.1. The third-order valence-corrected chi connectivity index (χ3v) is 3.44. The largest absolute Gasteiger partial charge is 0.444 e. The van der Waals surface area contributed by atoms with Crippen molar-refractivity contribution < 1.29 is 14.3 Å². The number of amides is 1. The minimum Gasteiger partial charge on any atom is -0.444 e. The molecule has 0 spiro atoms. The Morgan fingerprint density at radius 1 is 1.33 bits per heavy atom. The number of hydrogen-bond donors (Lipinski definition) is 1. The number of rotatable bonds is 2. The fourth-order valence-corrected chi connectivity index (χ4v) is 2.46. The fraction of sp³-hybridized carbons (Fsp3) is 0.533. The van der Waals surface area contributed by atoms with Crippen LogP contribution in [-0.2, 0) is 9.47 Å². The molecule has 1 aliphatic rings. The standard InChI is InChI=1S/C15H21BrN2O3/c1-15(2,3)21-14(19)17-12-10-11(16)4-5-13(12)18-6-8-20-9-7-18/h4-5,10H,6-9H2,1-3H3,(H,17,19). The van der Waals surface area contributed by atoms with Crippen LogP contribution in [0.2, 0.25) is 0 Å². The number of anilines is 2. The first-order valence-corrected chi connectivity index (χ1v) is 7.77. The van der Waals surface area contributed by atoms with Gasteiger partial charge < -0.3 is 14.4 Å². The number of carbonyl (C=O) groups is 1. The van der Waals surface area contributed by atoms with Gasteiger partial charge in [-0.1, -0.05) is 15.9 Å². The van der Waals surface area contributed by atoms with E-state index in [0.717, 1.165) is 28.9 Å². The Hall–Kier alpha value is -1.27. The monoisotopic (exact) mass is 356 g/mol. The Morgan fingerprint density at radius 2 is 2.00 bits per heavy atom. The van der Waals surface area contributed by atoms with Crippen LogP contribution in [0.5, 0.6) is 0 Å². The molecule has 1 aromatic rings. The molecule has 1 N–H and O–H groups in total. The molecule has 0 radical (unpaired) electrons. The summed E-state index contributed by atoms with van der Waals surface area (Å²) in [5.74, 6) is 0. The minimum absolute atomic E-state index is 0.449. The normalized spacial score (nSPS) is 15.7. The van der Waals surface area contributed by atoms with Crippen molar-refractivity contribution in [3.05, 3.63) is 22.7 Å². The molecular weight excluding hydrogens is 336 g/mol. The van der Waals surface area contributed by atoms with Gasteiger partial charge in [0.25, 0.3) is 0 Å². The Bertz CT molecular complexity index is 508. The Kier molecular flexibility index (Phi) is 5.11. The van der Waals surface area contributed by atoms with E-state index in [1.165, 1.54) is 0 Å². The van der Waals surface area contributed by atoms with Crippen LogP contribution in [0.1, 0.15) is 20.8 Å². The number of nitrogens with one attached hydrogen (secondary N) is 1. The number of ether oxygens (including phenoxy) is 2. The quantitative estimate of drug-likeness (QED) is 0.878. The lowest BCUT2D eigenvalue weighted by Gasteiger charge is -2.31. The highest BCUT2D eigenvalue weighted by atomic mass is 79.9. The predicted molar refractivity (Wildman–Crippen MR) is 87.0 cm³/mol. The van der Waals surface area contributed by atoms with Gasteiger partial charge in [0.05, 0.1) is 24.6 Å². The third kappa shape index (κ3) is 4.89. The van der Waals surface area contributed by atoms with E-state index in [4.69, 9.17) is 9.47 Å². The van der Waals surface area contributed by atoms with Crippen LogP contribution in [0.15, 0.2) is 22.7 Å². The average Bonchev–Trinajstić information content (AvgIpc) is 2.37. The molecule has 2 rings (SSSR count). The molecule has 0 aromatic heterocycles. The smallest absolute Gasteiger partial charge is 0.412 e. The zero-order chi connectivity index (χ0) is 15.5. The van der Waals surface area contributed by atoms with Crippen molar-refractivity contribution in [3.63, 3.8) is 0 Å². The Morgan fingerprint density at radius 3 is 2.62 bits per heavy atom. The molecule has 1 heterocycles. The summed E-state index contributed by atoms with van der Waals surface area (Å²) in [6, 6.07) is 5.84. The SMILES string of the molecule is CC(C)(C)OC(=O)Nc1cc(Br)ccc1N1CCOCC1. The van der Waals surface area contributed by atoms with Gasteiger partial charge in [0, 0.05) is 17.6 Å². The van der Waals surface area contributed by atoms with Crippen molar-refractivity contribution in [1.82, 2.24) is 0 Å². The van der Waals surface area contributed by atoms with Crippen molar-refractivity contribution in [2.45, 2.75) is 26.4 Å². The van der Waals surface area contributed by atoms with Crippen molar-refractivity contribution in [2.24, 2.45) is 0 Å². The molecule has 1 amide bonds. The maximum Gasteiger partial charge on any atom is 0.412 e. The highest BCUT2D eigenvalue weighted by molar-refractivity contribution is 9.10. The molecule has 21 heavy (non-hydrogen) atoms. The van der Waals surface area contributed by atoms with E-state index in [-0.39, 0.29) is 0 Å². The minimum atomic E-state index is -0.519. The molecule has 1 saturated heterocycles. The van der Waals surface area contributed by atoms with Crippen LogP contribution in [0.3, 0.4) is 0 Å². The predicted octanol–water partition coefficient (Wildman–Crippen LogP) is 3.63. The third-order valence-electron chi connectivity index (χ3n) is 2.95. The second-order valence-corrected chi connectivity index (χ2v) is 6.80. The maximum atomic E-state index is 12.0. The van der Waals surface area contributed by atoms with Gasteiger partial charge in [-0.3, -0.25) is 5.32 Å². The molecule has 1 aromatic carbocycles. The summed E-state index contributed by atoms with van der Waals surface area (Å²) in [6.45, 7) is 8.54. The van der Waals surface area contributed by atoms with Gasteiger partial charge in [0.1, 0.15) is 5.60 Å². The highest BCUT2D eigenvalue weighted by Gasteiger charge is 2.20. The molecule has 0 saturated carbocycles. The molecular formula is C15H21BrN2O3. The summed E-state index contributed by atoms with van der Waals surface area (Å²) >= 11 is 3.44. The molecule has 116 valence electrons.